The van der Waals surface area contributed by atoms with Crippen LogP contribution in [0.1, 0.15) is 75.8 Å². The molecule has 36 heavy (non-hydrogen) atoms. The number of ether oxygens (including phenoxy) is 2. The van der Waals surface area contributed by atoms with Crippen LogP contribution < -0.4 is 5.73 Å². The quantitative estimate of drug-likeness (QED) is 0.328. The Bertz CT molecular complexity index is 1290. The predicted octanol–water partition coefficient (Wildman–Crippen LogP) is 1.02. The van der Waals surface area contributed by atoms with Gasteiger partial charge in [0.15, 0.2) is 23.6 Å². The molecule has 0 amide bonds. The van der Waals surface area contributed by atoms with Crippen molar-refractivity contribution in [2.75, 3.05) is 0 Å². The fraction of sp³-hybridized carbons (Fsp3) is 0.423. The number of Topliss-reactive ketones (excluding diaryl/α,β-unsaturated/α-hetero) is 1. The topological polar surface area (TPSA) is 177 Å². The Morgan fingerprint density at radius 3 is 2.25 bits per heavy atom. The summed E-state index contributed by atoms with van der Waals surface area (Å²) < 4.78 is 11.8. The lowest BCUT2D eigenvalue weighted by atomic mass is 9.72. The van der Waals surface area contributed by atoms with Crippen molar-refractivity contribution >= 4 is 17.3 Å². The third-order valence-electron chi connectivity index (χ3n) is 7.50. The van der Waals surface area contributed by atoms with E-state index in [2.05, 4.69) is 0 Å². The van der Waals surface area contributed by atoms with Crippen LogP contribution >= 0.6 is 0 Å². The molecule has 6 atom stereocenters. The second kappa shape index (κ2) is 8.46. The van der Waals surface area contributed by atoms with Gasteiger partial charge in [0.2, 0.25) is 0 Å². The normalized spacial score (nSPS) is 31.4. The van der Waals surface area contributed by atoms with E-state index >= 15 is 0 Å². The molecule has 0 spiro atoms. The first-order valence-corrected chi connectivity index (χ1v) is 11.7. The van der Waals surface area contributed by atoms with Crippen molar-refractivity contribution in [1.29, 1.82) is 0 Å². The molecule has 0 bridgehead atoms. The van der Waals surface area contributed by atoms with Gasteiger partial charge >= 0.3 is 0 Å². The first kappa shape index (κ1) is 24.5. The molecule has 190 valence electrons. The van der Waals surface area contributed by atoms with E-state index in [1.165, 1.54) is 19.1 Å². The number of aromatic hydroxyl groups is 2. The number of aliphatic hydroxyl groups is 2. The fourth-order valence-corrected chi connectivity index (χ4v) is 5.42. The first-order valence-electron chi connectivity index (χ1n) is 11.7. The van der Waals surface area contributed by atoms with Crippen LogP contribution in [0.2, 0.25) is 0 Å². The van der Waals surface area contributed by atoms with Gasteiger partial charge in [0.05, 0.1) is 29.4 Å². The zero-order valence-corrected chi connectivity index (χ0v) is 19.7. The number of ketones is 3. The monoisotopic (exact) mass is 497 g/mol. The summed E-state index contributed by atoms with van der Waals surface area (Å²) in [5, 5.41) is 43.8. The molecule has 6 N–H and O–H groups in total. The number of hydrogen-bond acceptors (Lipinski definition) is 10. The summed E-state index contributed by atoms with van der Waals surface area (Å²) in [6.45, 7) is 2.80. The molecule has 2 aliphatic carbocycles. The van der Waals surface area contributed by atoms with E-state index in [4.69, 9.17) is 15.2 Å². The van der Waals surface area contributed by atoms with Crippen LogP contribution in [0.5, 0.6) is 11.5 Å². The van der Waals surface area contributed by atoms with Gasteiger partial charge in [0, 0.05) is 47.6 Å². The average Bonchev–Trinajstić information content (AvgIpc) is 2.82. The standard InChI is InChI=1S/C26H27NO9/c1-10-21(29)15(27)7-17(35-10)36-16-9-26(34,11(2)28)8-14-18(16)25(33)20-19(24(14)32)22(30)12-5-3-4-6-13(12)23(20)31/h3-6,10,15-17,21,29,32-34H,7-9,27H2,1-2H3/t10-,15+,16-,17-,21-,26+/m1/s1. The smallest absolute Gasteiger partial charge is 0.198 e. The molecule has 10 heteroatoms. The number of carbonyl (C=O) groups is 3. The number of rotatable bonds is 3. The third kappa shape index (κ3) is 3.56. The number of phenolic OH excluding ortho intramolecular Hbond substituents is 2. The number of carbonyl (C=O) groups excluding carboxylic acids is 3. The largest absolute Gasteiger partial charge is 0.507 e. The molecular formula is C26H27NO9. The number of nitrogens with two attached hydrogens (primary N) is 1. The molecule has 1 heterocycles. The molecule has 0 radical (unpaired) electrons. The van der Waals surface area contributed by atoms with Gasteiger partial charge in [-0.15, -0.1) is 0 Å². The number of phenols is 2. The number of fused-ring (bicyclic) bond motifs is 3. The van der Waals surface area contributed by atoms with Crippen molar-refractivity contribution in [1.82, 2.24) is 0 Å². The van der Waals surface area contributed by atoms with E-state index in [-0.39, 0.29) is 46.2 Å². The van der Waals surface area contributed by atoms with Gasteiger partial charge in [-0.05, 0) is 13.8 Å². The van der Waals surface area contributed by atoms with Crippen LogP contribution in [0.4, 0.5) is 0 Å². The first-order chi connectivity index (χ1) is 16.9. The minimum absolute atomic E-state index is 0.00588. The van der Waals surface area contributed by atoms with E-state index in [9.17, 15) is 34.8 Å². The fourth-order valence-electron chi connectivity index (χ4n) is 5.42. The van der Waals surface area contributed by atoms with Crippen molar-refractivity contribution < 1.29 is 44.3 Å². The van der Waals surface area contributed by atoms with Crippen LogP contribution in [0.25, 0.3) is 0 Å². The number of aliphatic hydroxyl groups excluding tert-OH is 1. The van der Waals surface area contributed by atoms with E-state index in [1.807, 2.05) is 0 Å². The van der Waals surface area contributed by atoms with Crippen molar-refractivity contribution in [2.45, 2.75) is 69.4 Å². The van der Waals surface area contributed by atoms with Gasteiger partial charge in [0.1, 0.15) is 17.1 Å². The second-order valence-corrected chi connectivity index (χ2v) is 9.80. The Morgan fingerprint density at radius 2 is 1.69 bits per heavy atom. The molecule has 10 nitrogen and oxygen atoms in total. The third-order valence-corrected chi connectivity index (χ3v) is 7.50. The van der Waals surface area contributed by atoms with Gasteiger partial charge in [0.25, 0.3) is 0 Å². The summed E-state index contributed by atoms with van der Waals surface area (Å²) in [7, 11) is 0. The molecule has 1 aliphatic heterocycles. The van der Waals surface area contributed by atoms with E-state index < -0.39 is 71.5 Å². The van der Waals surface area contributed by atoms with E-state index in [0.29, 0.717) is 0 Å². The SMILES string of the molecule is CC(=O)[C@]1(O)Cc2c(O)c3c(c(O)c2[C@H](O[C@@H]2C[C@H](N)[C@H](O)[C@@H](C)O2)C1)C(=O)c1ccccc1C3=O. The maximum atomic E-state index is 13.3. The van der Waals surface area contributed by atoms with Gasteiger partial charge in [-0.1, -0.05) is 24.3 Å². The average molecular weight is 498 g/mol. The van der Waals surface area contributed by atoms with Gasteiger partial charge < -0.3 is 35.6 Å². The highest BCUT2D eigenvalue weighted by Gasteiger charge is 2.49. The number of hydrogen-bond donors (Lipinski definition) is 5. The van der Waals surface area contributed by atoms with Gasteiger partial charge in [-0.3, -0.25) is 14.4 Å². The molecule has 1 saturated heterocycles. The van der Waals surface area contributed by atoms with Crippen molar-refractivity contribution in [3.63, 3.8) is 0 Å². The highest BCUT2D eigenvalue weighted by atomic mass is 16.7. The molecular weight excluding hydrogens is 470 g/mol. The highest BCUT2D eigenvalue weighted by molar-refractivity contribution is 6.30. The Kier molecular flexibility index (Phi) is 5.77. The maximum absolute atomic E-state index is 13.3. The summed E-state index contributed by atoms with van der Waals surface area (Å²) in [6.07, 6.45) is -4.38. The Labute approximate surface area is 206 Å². The zero-order valence-electron chi connectivity index (χ0n) is 19.7. The minimum Gasteiger partial charge on any atom is -0.507 e. The Hall–Kier alpha value is -3.15. The second-order valence-electron chi connectivity index (χ2n) is 9.80. The summed E-state index contributed by atoms with van der Waals surface area (Å²) in [5.74, 6) is -3.06. The summed E-state index contributed by atoms with van der Waals surface area (Å²) in [6, 6.07) is 5.40. The molecule has 0 unspecified atom stereocenters. The van der Waals surface area contributed by atoms with Crippen LogP contribution in [0, 0.1) is 0 Å². The summed E-state index contributed by atoms with van der Waals surface area (Å²) in [4.78, 5) is 39.0. The van der Waals surface area contributed by atoms with Crippen LogP contribution in [0.15, 0.2) is 24.3 Å². The van der Waals surface area contributed by atoms with Crippen molar-refractivity contribution in [3.8, 4) is 11.5 Å². The minimum atomic E-state index is -1.97. The lowest BCUT2D eigenvalue weighted by molar-refractivity contribution is -0.247. The van der Waals surface area contributed by atoms with Crippen molar-refractivity contribution in [3.05, 3.63) is 57.6 Å². The zero-order chi connectivity index (χ0) is 26.1. The molecule has 0 aromatic heterocycles. The lowest BCUT2D eigenvalue weighted by Gasteiger charge is -2.42. The van der Waals surface area contributed by atoms with E-state index in [1.54, 1.807) is 19.1 Å². The van der Waals surface area contributed by atoms with Crippen LogP contribution in [0.3, 0.4) is 0 Å². The van der Waals surface area contributed by atoms with E-state index in [0.717, 1.165) is 0 Å². The lowest BCUT2D eigenvalue weighted by Crippen LogP contribution is -2.52. The van der Waals surface area contributed by atoms with Crippen molar-refractivity contribution in [2.24, 2.45) is 5.73 Å². The Morgan fingerprint density at radius 1 is 1.11 bits per heavy atom. The van der Waals surface area contributed by atoms with Crippen LogP contribution in [-0.4, -0.2) is 67.9 Å². The molecule has 2 aromatic rings. The molecule has 0 saturated carbocycles. The molecule has 1 fully saturated rings. The van der Waals surface area contributed by atoms with Gasteiger partial charge in [-0.2, -0.15) is 0 Å². The molecule has 2 aromatic carbocycles. The van der Waals surface area contributed by atoms with Crippen LogP contribution in [-0.2, 0) is 20.7 Å². The number of benzene rings is 2. The molecule has 3 aliphatic rings. The Balaban J connectivity index is 1.66. The predicted molar refractivity (Wildman–Crippen MR) is 124 cm³/mol. The summed E-state index contributed by atoms with van der Waals surface area (Å²) >= 11 is 0. The maximum Gasteiger partial charge on any atom is 0.198 e. The molecule has 5 rings (SSSR count). The summed E-state index contributed by atoms with van der Waals surface area (Å²) in [5.41, 5.74) is 3.38. The highest BCUT2D eigenvalue weighted by Crippen LogP contribution is 2.51. The van der Waals surface area contributed by atoms with Gasteiger partial charge in [-0.25, -0.2) is 0 Å².